The van der Waals surface area contributed by atoms with E-state index in [1.54, 1.807) is 11.3 Å². The number of fused-ring (bicyclic) bond motifs is 1. The standard InChI is InChI=1S/C11H12N4S/c1-7-8(5-12)4-9(14-7)10-6-13-11-15(10)2-3-16-11/h2-4,6,14H,5,12H2,1H3. The highest BCUT2D eigenvalue weighted by atomic mass is 32.1. The number of hydrogen-bond donors (Lipinski definition) is 2. The number of nitrogens with zero attached hydrogens (tertiary/aromatic N) is 2. The molecule has 3 aromatic heterocycles. The number of aromatic amines is 1. The molecular formula is C11H12N4S. The lowest BCUT2D eigenvalue weighted by atomic mass is 10.2. The number of imidazole rings is 1. The lowest BCUT2D eigenvalue weighted by molar-refractivity contribution is 1.04. The van der Waals surface area contributed by atoms with E-state index in [1.807, 2.05) is 24.7 Å². The highest BCUT2D eigenvalue weighted by molar-refractivity contribution is 7.15. The summed E-state index contributed by atoms with van der Waals surface area (Å²) >= 11 is 1.63. The molecule has 0 bridgehead atoms. The fourth-order valence-electron chi connectivity index (χ4n) is 1.88. The lowest BCUT2D eigenvalue weighted by Gasteiger charge is -1.93. The number of aryl methyl sites for hydroxylation is 1. The van der Waals surface area contributed by atoms with Crippen molar-refractivity contribution in [1.29, 1.82) is 0 Å². The van der Waals surface area contributed by atoms with Gasteiger partial charge in [-0.15, -0.1) is 11.3 Å². The topological polar surface area (TPSA) is 59.1 Å². The van der Waals surface area contributed by atoms with E-state index in [-0.39, 0.29) is 0 Å². The first-order valence-electron chi connectivity index (χ1n) is 5.09. The Balaban J connectivity index is 2.19. The minimum Gasteiger partial charge on any atom is -0.357 e. The molecule has 0 atom stereocenters. The maximum atomic E-state index is 5.67. The number of nitrogens with two attached hydrogens (primary N) is 1. The van der Waals surface area contributed by atoms with Crippen LogP contribution in [-0.4, -0.2) is 14.4 Å². The predicted octanol–water partition coefficient (Wildman–Crippen LogP) is 2.16. The van der Waals surface area contributed by atoms with Crippen LogP contribution in [0, 0.1) is 6.92 Å². The van der Waals surface area contributed by atoms with Crippen LogP contribution in [0.25, 0.3) is 16.3 Å². The molecule has 0 aliphatic heterocycles. The van der Waals surface area contributed by atoms with Gasteiger partial charge >= 0.3 is 0 Å². The van der Waals surface area contributed by atoms with Gasteiger partial charge in [0, 0.05) is 23.8 Å². The monoisotopic (exact) mass is 232 g/mol. The van der Waals surface area contributed by atoms with Crippen LogP contribution < -0.4 is 5.73 Å². The molecule has 3 heterocycles. The van der Waals surface area contributed by atoms with Crippen LogP contribution in [0.2, 0.25) is 0 Å². The Morgan fingerprint density at radius 1 is 1.56 bits per heavy atom. The van der Waals surface area contributed by atoms with Crippen LogP contribution in [0.15, 0.2) is 23.8 Å². The molecule has 0 unspecified atom stereocenters. The summed E-state index contributed by atoms with van der Waals surface area (Å²) in [6.45, 7) is 2.60. The maximum absolute atomic E-state index is 5.67. The van der Waals surface area contributed by atoms with Gasteiger partial charge < -0.3 is 10.7 Å². The van der Waals surface area contributed by atoms with Crippen molar-refractivity contribution in [2.45, 2.75) is 13.5 Å². The number of H-pyrrole nitrogens is 1. The highest BCUT2D eigenvalue weighted by Gasteiger charge is 2.10. The van der Waals surface area contributed by atoms with Gasteiger partial charge in [0.25, 0.3) is 0 Å². The molecule has 0 spiro atoms. The van der Waals surface area contributed by atoms with Gasteiger partial charge in [-0.2, -0.15) is 0 Å². The molecule has 0 aromatic carbocycles. The SMILES string of the molecule is Cc1[nH]c(-c2cnc3sccn23)cc1CN. The number of rotatable bonds is 2. The van der Waals surface area contributed by atoms with E-state index in [9.17, 15) is 0 Å². The van der Waals surface area contributed by atoms with Crippen molar-refractivity contribution in [3.63, 3.8) is 0 Å². The van der Waals surface area contributed by atoms with Crippen molar-refractivity contribution in [2.24, 2.45) is 5.73 Å². The molecule has 0 amide bonds. The molecule has 3 N–H and O–H groups in total. The van der Waals surface area contributed by atoms with Gasteiger partial charge in [-0.1, -0.05) is 0 Å². The van der Waals surface area contributed by atoms with Crippen molar-refractivity contribution in [2.75, 3.05) is 0 Å². The molecule has 0 saturated heterocycles. The molecule has 5 heteroatoms. The third kappa shape index (κ3) is 1.29. The van der Waals surface area contributed by atoms with Gasteiger partial charge in [0.05, 0.1) is 17.6 Å². The Labute approximate surface area is 96.7 Å². The Hall–Kier alpha value is -1.59. The molecule has 0 aliphatic carbocycles. The minimum absolute atomic E-state index is 0.563. The zero-order valence-corrected chi connectivity index (χ0v) is 9.71. The Morgan fingerprint density at radius 2 is 2.44 bits per heavy atom. The molecule has 82 valence electrons. The van der Waals surface area contributed by atoms with E-state index in [1.165, 1.54) is 0 Å². The van der Waals surface area contributed by atoms with Gasteiger partial charge in [0.15, 0.2) is 4.96 Å². The van der Waals surface area contributed by atoms with Crippen LogP contribution >= 0.6 is 11.3 Å². The quantitative estimate of drug-likeness (QED) is 0.711. The van der Waals surface area contributed by atoms with Gasteiger partial charge in [-0.3, -0.25) is 4.40 Å². The fourth-order valence-corrected chi connectivity index (χ4v) is 2.57. The van der Waals surface area contributed by atoms with E-state index in [0.717, 1.165) is 27.6 Å². The molecule has 0 radical (unpaired) electrons. The summed E-state index contributed by atoms with van der Waals surface area (Å²) in [5.41, 5.74) is 10.1. The summed E-state index contributed by atoms with van der Waals surface area (Å²) in [6, 6.07) is 2.09. The Bertz CT molecular complexity index is 631. The smallest absolute Gasteiger partial charge is 0.194 e. The van der Waals surface area contributed by atoms with Crippen LogP contribution in [0.5, 0.6) is 0 Å². The van der Waals surface area contributed by atoms with E-state index < -0.39 is 0 Å². The molecule has 0 fully saturated rings. The minimum atomic E-state index is 0.563. The van der Waals surface area contributed by atoms with Gasteiger partial charge in [-0.05, 0) is 18.6 Å². The fraction of sp³-hybridized carbons (Fsp3) is 0.182. The third-order valence-corrected chi connectivity index (χ3v) is 3.54. The second kappa shape index (κ2) is 3.47. The Morgan fingerprint density at radius 3 is 3.19 bits per heavy atom. The van der Waals surface area contributed by atoms with Crippen LogP contribution in [-0.2, 0) is 6.54 Å². The van der Waals surface area contributed by atoms with Crippen molar-refractivity contribution in [3.05, 3.63) is 35.1 Å². The van der Waals surface area contributed by atoms with E-state index in [0.29, 0.717) is 6.54 Å². The first kappa shape index (κ1) is 9.62. The van der Waals surface area contributed by atoms with Crippen molar-refractivity contribution < 1.29 is 0 Å². The van der Waals surface area contributed by atoms with Crippen LogP contribution in [0.1, 0.15) is 11.3 Å². The van der Waals surface area contributed by atoms with Gasteiger partial charge in [0.1, 0.15) is 0 Å². The zero-order chi connectivity index (χ0) is 11.1. The largest absolute Gasteiger partial charge is 0.357 e. The van der Waals surface area contributed by atoms with E-state index in [2.05, 4.69) is 20.4 Å². The van der Waals surface area contributed by atoms with Crippen molar-refractivity contribution >= 4 is 16.3 Å². The summed E-state index contributed by atoms with van der Waals surface area (Å²) in [6.07, 6.45) is 3.91. The van der Waals surface area contributed by atoms with Gasteiger partial charge in [0.2, 0.25) is 0 Å². The second-order valence-electron chi connectivity index (χ2n) is 3.74. The molecule has 3 rings (SSSR count). The summed E-state index contributed by atoms with van der Waals surface area (Å²) in [4.78, 5) is 8.70. The predicted molar refractivity (Wildman–Crippen MR) is 65.5 cm³/mol. The average molecular weight is 232 g/mol. The van der Waals surface area contributed by atoms with Crippen LogP contribution in [0.4, 0.5) is 0 Å². The molecular weight excluding hydrogens is 220 g/mol. The zero-order valence-electron chi connectivity index (χ0n) is 8.90. The first-order valence-corrected chi connectivity index (χ1v) is 5.97. The van der Waals surface area contributed by atoms with Crippen molar-refractivity contribution in [1.82, 2.24) is 14.4 Å². The van der Waals surface area contributed by atoms with Gasteiger partial charge in [-0.25, -0.2) is 4.98 Å². The summed E-state index contributed by atoms with van der Waals surface area (Å²) < 4.78 is 2.08. The Kier molecular flexibility index (Phi) is 2.08. The van der Waals surface area contributed by atoms with E-state index in [4.69, 9.17) is 5.73 Å². The normalized spacial score (nSPS) is 11.4. The first-order chi connectivity index (χ1) is 7.79. The second-order valence-corrected chi connectivity index (χ2v) is 4.61. The number of thiazole rings is 1. The summed E-state index contributed by atoms with van der Waals surface area (Å²) in [5.74, 6) is 0. The maximum Gasteiger partial charge on any atom is 0.194 e. The molecule has 0 aliphatic rings. The van der Waals surface area contributed by atoms with Crippen molar-refractivity contribution in [3.8, 4) is 11.4 Å². The number of nitrogens with one attached hydrogen (secondary N) is 1. The number of aromatic nitrogens is 3. The molecule has 3 aromatic rings. The number of hydrogen-bond acceptors (Lipinski definition) is 3. The third-order valence-electron chi connectivity index (χ3n) is 2.76. The van der Waals surface area contributed by atoms with E-state index >= 15 is 0 Å². The highest BCUT2D eigenvalue weighted by Crippen LogP contribution is 2.24. The molecule has 4 nitrogen and oxygen atoms in total. The molecule has 16 heavy (non-hydrogen) atoms. The molecule has 0 saturated carbocycles. The lowest BCUT2D eigenvalue weighted by Crippen LogP contribution is -1.95. The summed E-state index contributed by atoms with van der Waals surface area (Å²) in [5, 5.41) is 2.03. The average Bonchev–Trinajstić information content (AvgIpc) is 2.90. The van der Waals surface area contributed by atoms with Crippen LogP contribution in [0.3, 0.4) is 0 Å². The summed E-state index contributed by atoms with van der Waals surface area (Å²) in [7, 11) is 0.